The van der Waals surface area contributed by atoms with Crippen LogP contribution in [0.3, 0.4) is 0 Å². The van der Waals surface area contributed by atoms with E-state index in [4.69, 9.17) is 18.5 Å². The van der Waals surface area contributed by atoms with Crippen LogP contribution in [0.2, 0.25) is 0 Å². The standard InChI is InChI=1S/C45H75O13P/c1-3-5-7-9-11-13-15-17-18-19-20-22-23-25-27-29-31-33-38(46)55-35-37(36-56-59(53,54)58-45-43(51)41(49)40(48)42(50)44(45)52)57-39(47)34-32-30-28-26-24-21-16-14-12-10-8-6-4-2/h5,7,11,13,17-18,20-22,24-25,27,37,40-45,48-52H,3-4,6,8-10,12,14-16,19,23,26,28-36H2,1-2H3,(H,53,54)/b7-5+,13-11+,18-17+,22-20+,24-21+,27-25+/t37-,40?,41-,42?,43?,44?,45?/m0/s1. The van der Waals surface area contributed by atoms with Crippen LogP contribution in [-0.4, -0.2) is 98.3 Å². The van der Waals surface area contributed by atoms with Crippen molar-refractivity contribution in [3.05, 3.63) is 72.9 Å². The summed E-state index contributed by atoms with van der Waals surface area (Å²) in [4.78, 5) is 35.6. The maximum absolute atomic E-state index is 12.8. The molecule has 0 radical (unpaired) electrons. The highest BCUT2D eigenvalue weighted by molar-refractivity contribution is 7.47. The first kappa shape index (κ1) is 54.3. The normalized spacial score (nSPS) is 23.1. The van der Waals surface area contributed by atoms with Crippen molar-refractivity contribution in [3.8, 4) is 0 Å². The fourth-order valence-corrected chi connectivity index (χ4v) is 6.99. The predicted octanol–water partition coefficient (Wildman–Crippen LogP) is 7.94. The van der Waals surface area contributed by atoms with E-state index in [1.165, 1.54) is 38.5 Å². The summed E-state index contributed by atoms with van der Waals surface area (Å²) in [5, 5.41) is 50.1. The van der Waals surface area contributed by atoms with Gasteiger partial charge in [-0.25, -0.2) is 4.57 Å². The zero-order chi connectivity index (χ0) is 43.6. The van der Waals surface area contributed by atoms with Gasteiger partial charge in [0.05, 0.1) is 6.61 Å². The average Bonchev–Trinajstić information content (AvgIpc) is 3.21. The van der Waals surface area contributed by atoms with Crippen molar-refractivity contribution in [2.45, 2.75) is 185 Å². The minimum absolute atomic E-state index is 0.0605. The lowest BCUT2D eigenvalue weighted by Crippen LogP contribution is -2.64. The molecule has 0 aromatic heterocycles. The molecule has 1 fully saturated rings. The van der Waals surface area contributed by atoms with Gasteiger partial charge in [0, 0.05) is 12.8 Å². The Morgan fingerprint density at radius 2 is 0.983 bits per heavy atom. The Balaban J connectivity index is 2.55. The Morgan fingerprint density at radius 3 is 1.54 bits per heavy atom. The monoisotopic (exact) mass is 854 g/mol. The first-order valence-corrected chi connectivity index (χ1v) is 23.2. The Morgan fingerprint density at radius 1 is 0.542 bits per heavy atom. The number of hydrogen-bond donors (Lipinski definition) is 6. The van der Waals surface area contributed by atoms with Crippen molar-refractivity contribution in [2.75, 3.05) is 13.2 Å². The number of ether oxygens (including phenoxy) is 2. The van der Waals surface area contributed by atoms with E-state index in [9.17, 15) is 44.6 Å². The highest BCUT2D eigenvalue weighted by atomic mass is 31.2. The molecule has 6 N–H and O–H groups in total. The van der Waals surface area contributed by atoms with Gasteiger partial charge in [0.15, 0.2) is 6.10 Å². The quantitative estimate of drug-likeness (QED) is 0.0157. The molecule has 1 rings (SSSR count). The molecule has 1 aliphatic rings. The number of carbonyl (C=O) groups is 2. The number of aliphatic hydroxyl groups excluding tert-OH is 5. The van der Waals surface area contributed by atoms with Crippen LogP contribution in [0, 0.1) is 0 Å². The Kier molecular flexibility index (Phi) is 32.2. The second-order valence-electron chi connectivity index (χ2n) is 14.8. The van der Waals surface area contributed by atoms with Crippen molar-refractivity contribution in [1.82, 2.24) is 0 Å². The molecular formula is C45H75O13P. The number of phosphoric acid groups is 1. The molecule has 0 aromatic carbocycles. The highest BCUT2D eigenvalue weighted by Crippen LogP contribution is 2.47. The minimum Gasteiger partial charge on any atom is -0.462 e. The van der Waals surface area contributed by atoms with Gasteiger partial charge in [0.1, 0.15) is 43.2 Å². The lowest BCUT2D eigenvalue weighted by molar-refractivity contribution is -0.220. The SMILES string of the molecule is CC/C=C/C/C=C/C/C=C/C/C=C/C/C=C/CCCC(=O)OC[C@@H](COP(=O)(O)OC1C(O)C(O)C(O)[C@H](O)C1O)OC(=O)CCCCC/C=C/CCCCCCCC. The van der Waals surface area contributed by atoms with Crippen LogP contribution in [0.5, 0.6) is 0 Å². The van der Waals surface area contributed by atoms with E-state index >= 15 is 0 Å². The maximum Gasteiger partial charge on any atom is 0.472 e. The minimum atomic E-state index is -5.13. The number of carbonyl (C=O) groups excluding carboxylic acids is 2. The summed E-state index contributed by atoms with van der Waals surface area (Å²) in [5.74, 6) is -1.19. The summed E-state index contributed by atoms with van der Waals surface area (Å²) in [6, 6.07) is 0. The first-order chi connectivity index (χ1) is 28.4. The van der Waals surface area contributed by atoms with Gasteiger partial charge in [0.25, 0.3) is 0 Å². The molecular weight excluding hydrogens is 779 g/mol. The van der Waals surface area contributed by atoms with Crippen molar-refractivity contribution < 1.29 is 63.1 Å². The van der Waals surface area contributed by atoms with E-state index in [-0.39, 0.29) is 12.8 Å². The Labute approximate surface area is 353 Å². The summed E-state index contributed by atoms with van der Waals surface area (Å²) >= 11 is 0. The summed E-state index contributed by atoms with van der Waals surface area (Å²) in [7, 11) is -5.13. The van der Waals surface area contributed by atoms with Crippen LogP contribution in [0.1, 0.15) is 142 Å². The van der Waals surface area contributed by atoms with E-state index in [1.54, 1.807) is 0 Å². The number of aliphatic hydroxyl groups is 5. The molecule has 0 amide bonds. The second kappa shape index (κ2) is 34.9. The number of allylic oxidation sites excluding steroid dienone is 12. The number of esters is 2. The van der Waals surface area contributed by atoms with E-state index < -0.39 is 75.7 Å². The molecule has 8 atom stereocenters. The maximum atomic E-state index is 12.8. The zero-order valence-electron chi connectivity index (χ0n) is 35.5. The summed E-state index contributed by atoms with van der Waals surface area (Å²) in [5.41, 5.74) is 0. The summed E-state index contributed by atoms with van der Waals surface area (Å²) in [6.07, 6.45) is 29.7. The lowest BCUT2D eigenvalue weighted by Gasteiger charge is -2.41. The van der Waals surface area contributed by atoms with Gasteiger partial charge in [-0.05, 0) is 77.0 Å². The van der Waals surface area contributed by atoms with Gasteiger partial charge in [-0.2, -0.15) is 0 Å². The molecule has 0 aliphatic heterocycles. The third kappa shape index (κ3) is 27.7. The third-order valence-electron chi connectivity index (χ3n) is 9.53. The van der Waals surface area contributed by atoms with Crippen LogP contribution >= 0.6 is 7.82 Å². The van der Waals surface area contributed by atoms with Crippen molar-refractivity contribution >= 4 is 19.8 Å². The zero-order valence-corrected chi connectivity index (χ0v) is 36.4. The number of phosphoric ester groups is 1. The second-order valence-corrected chi connectivity index (χ2v) is 16.2. The predicted molar refractivity (Wildman–Crippen MR) is 230 cm³/mol. The van der Waals surface area contributed by atoms with Crippen molar-refractivity contribution in [3.63, 3.8) is 0 Å². The van der Waals surface area contributed by atoms with Gasteiger partial charge in [-0.1, -0.05) is 125 Å². The molecule has 1 aliphatic carbocycles. The van der Waals surface area contributed by atoms with E-state index in [0.717, 1.165) is 57.8 Å². The van der Waals surface area contributed by atoms with Gasteiger partial charge < -0.3 is 39.9 Å². The van der Waals surface area contributed by atoms with E-state index in [0.29, 0.717) is 19.3 Å². The first-order valence-electron chi connectivity index (χ1n) is 21.7. The largest absolute Gasteiger partial charge is 0.472 e. The molecule has 14 heteroatoms. The van der Waals surface area contributed by atoms with Crippen LogP contribution in [0.4, 0.5) is 0 Å². The highest BCUT2D eigenvalue weighted by Gasteiger charge is 2.51. The van der Waals surface area contributed by atoms with Gasteiger partial charge in [-0.3, -0.25) is 18.6 Å². The Bertz CT molecular complexity index is 1310. The van der Waals surface area contributed by atoms with Crippen molar-refractivity contribution in [2.24, 2.45) is 0 Å². The molecule has 0 heterocycles. The molecule has 1 saturated carbocycles. The molecule has 338 valence electrons. The number of rotatable bonds is 34. The number of hydrogen-bond acceptors (Lipinski definition) is 12. The molecule has 0 saturated heterocycles. The summed E-state index contributed by atoms with van der Waals surface area (Å²) in [6.45, 7) is 3.09. The van der Waals surface area contributed by atoms with Crippen LogP contribution < -0.4 is 0 Å². The van der Waals surface area contributed by atoms with Crippen LogP contribution in [0.25, 0.3) is 0 Å². The van der Waals surface area contributed by atoms with Crippen molar-refractivity contribution in [1.29, 1.82) is 0 Å². The smallest absolute Gasteiger partial charge is 0.462 e. The van der Waals surface area contributed by atoms with Crippen LogP contribution in [-0.2, 0) is 32.7 Å². The Hall–Kier alpha value is -2.71. The molecule has 59 heavy (non-hydrogen) atoms. The summed E-state index contributed by atoms with van der Waals surface area (Å²) < 4.78 is 33.4. The molecule has 0 aromatic rings. The fraction of sp³-hybridized carbons (Fsp3) is 0.689. The lowest BCUT2D eigenvalue weighted by atomic mass is 9.85. The molecule has 0 bridgehead atoms. The molecule has 13 nitrogen and oxygen atoms in total. The fourth-order valence-electron chi connectivity index (χ4n) is 6.02. The van der Waals surface area contributed by atoms with Gasteiger partial charge >= 0.3 is 19.8 Å². The van der Waals surface area contributed by atoms with E-state index in [2.05, 4.69) is 74.6 Å². The third-order valence-corrected chi connectivity index (χ3v) is 10.5. The molecule has 6 unspecified atom stereocenters. The van der Waals surface area contributed by atoms with Crippen LogP contribution in [0.15, 0.2) is 72.9 Å². The molecule has 0 spiro atoms. The number of unbranched alkanes of at least 4 members (excludes halogenated alkanes) is 10. The van der Waals surface area contributed by atoms with Gasteiger partial charge in [0.2, 0.25) is 0 Å². The van der Waals surface area contributed by atoms with E-state index in [1.807, 2.05) is 12.2 Å². The van der Waals surface area contributed by atoms with Gasteiger partial charge in [-0.15, -0.1) is 0 Å². The average molecular weight is 855 g/mol. The topological polar surface area (TPSA) is 210 Å².